The van der Waals surface area contributed by atoms with E-state index in [2.05, 4.69) is 19.2 Å². The summed E-state index contributed by atoms with van der Waals surface area (Å²) in [7, 11) is 0. The molecule has 0 bridgehead atoms. The zero-order valence-corrected chi connectivity index (χ0v) is 11.8. The molecule has 0 amide bonds. The minimum absolute atomic E-state index is 0.491. The lowest BCUT2D eigenvalue weighted by Crippen LogP contribution is -2.43. The summed E-state index contributed by atoms with van der Waals surface area (Å²) >= 11 is 0. The van der Waals surface area contributed by atoms with Crippen molar-refractivity contribution in [3.63, 3.8) is 0 Å². The second-order valence-electron chi connectivity index (χ2n) is 5.89. The third kappa shape index (κ3) is 4.00. The van der Waals surface area contributed by atoms with E-state index < -0.39 is 11.6 Å². The molecule has 19 heavy (non-hydrogen) atoms. The van der Waals surface area contributed by atoms with Crippen molar-refractivity contribution in [3.05, 3.63) is 35.4 Å². The monoisotopic (exact) mass is 267 g/mol. The van der Waals surface area contributed by atoms with Gasteiger partial charge in [-0.2, -0.15) is 0 Å². The molecule has 106 valence electrons. The van der Waals surface area contributed by atoms with E-state index in [4.69, 9.17) is 0 Å². The van der Waals surface area contributed by atoms with Crippen molar-refractivity contribution in [2.45, 2.75) is 45.6 Å². The van der Waals surface area contributed by atoms with Crippen LogP contribution in [0.4, 0.5) is 8.78 Å². The number of benzene rings is 1. The van der Waals surface area contributed by atoms with Gasteiger partial charge in [-0.15, -0.1) is 0 Å². The molecule has 0 aromatic heterocycles. The van der Waals surface area contributed by atoms with Crippen molar-refractivity contribution in [1.82, 2.24) is 5.32 Å². The Labute approximate surface area is 114 Å². The Balaban J connectivity index is 1.85. The van der Waals surface area contributed by atoms with E-state index in [0.29, 0.717) is 24.3 Å². The van der Waals surface area contributed by atoms with E-state index in [-0.39, 0.29) is 0 Å². The number of rotatable bonds is 4. The lowest BCUT2D eigenvalue weighted by Gasteiger charge is -2.35. The normalized spacial score (nSPS) is 27.5. The van der Waals surface area contributed by atoms with E-state index in [1.54, 1.807) is 0 Å². The zero-order valence-electron chi connectivity index (χ0n) is 11.8. The van der Waals surface area contributed by atoms with Crippen LogP contribution in [0, 0.1) is 23.5 Å². The highest BCUT2D eigenvalue weighted by molar-refractivity contribution is 5.18. The first-order valence-electron chi connectivity index (χ1n) is 7.24. The Kier molecular flexibility index (Phi) is 4.92. The highest BCUT2D eigenvalue weighted by Crippen LogP contribution is 2.28. The lowest BCUT2D eigenvalue weighted by atomic mass is 9.78. The molecule has 2 rings (SSSR count). The molecule has 2 atom stereocenters. The molecule has 0 saturated heterocycles. The average molecular weight is 267 g/mol. The minimum Gasteiger partial charge on any atom is -0.313 e. The van der Waals surface area contributed by atoms with Crippen LogP contribution in [-0.4, -0.2) is 12.6 Å². The highest BCUT2D eigenvalue weighted by atomic mass is 19.1. The predicted molar refractivity (Wildman–Crippen MR) is 74.0 cm³/mol. The molecule has 1 aromatic rings. The van der Waals surface area contributed by atoms with Gasteiger partial charge in [0.05, 0.1) is 0 Å². The van der Waals surface area contributed by atoms with Crippen LogP contribution in [0.1, 0.15) is 38.7 Å². The van der Waals surface area contributed by atoms with Crippen molar-refractivity contribution < 1.29 is 8.78 Å². The van der Waals surface area contributed by atoms with E-state index >= 15 is 0 Å². The molecule has 1 fully saturated rings. The summed E-state index contributed by atoms with van der Waals surface area (Å²) in [6.45, 7) is 5.35. The van der Waals surface area contributed by atoms with Gasteiger partial charge in [-0.25, -0.2) is 8.78 Å². The fraction of sp³-hybridized carbons (Fsp3) is 0.625. The summed E-state index contributed by atoms with van der Waals surface area (Å²) in [5.74, 6) is 0.393. The molecule has 2 unspecified atom stereocenters. The van der Waals surface area contributed by atoms with E-state index in [1.807, 2.05) is 0 Å². The van der Waals surface area contributed by atoms with Gasteiger partial charge in [-0.1, -0.05) is 20.3 Å². The van der Waals surface area contributed by atoms with Crippen LogP contribution in [-0.2, 0) is 6.42 Å². The molecule has 1 aliphatic carbocycles. The van der Waals surface area contributed by atoms with Gasteiger partial charge in [0.2, 0.25) is 0 Å². The molecule has 1 nitrogen and oxygen atoms in total. The smallest absolute Gasteiger partial charge is 0.126 e. The molecule has 0 heterocycles. The van der Waals surface area contributed by atoms with Crippen molar-refractivity contribution in [1.29, 1.82) is 0 Å². The molecule has 1 aromatic carbocycles. The molecule has 0 aliphatic heterocycles. The van der Waals surface area contributed by atoms with Crippen LogP contribution < -0.4 is 5.32 Å². The first-order valence-corrected chi connectivity index (χ1v) is 7.24. The maximum atomic E-state index is 13.1. The van der Waals surface area contributed by atoms with Crippen LogP contribution in [0.3, 0.4) is 0 Å². The summed E-state index contributed by atoms with van der Waals surface area (Å²) in [5.41, 5.74) is 0.723. The summed E-state index contributed by atoms with van der Waals surface area (Å²) in [4.78, 5) is 0. The molecule has 1 aliphatic rings. The van der Waals surface area contributed by atoms with Crippen molar-refractivity contribution in [2.24, 2.45) is 11.8 Å². The largest absolute Gasteiger partial charge is 0.313 e. The fourth-order valence-electron chi connectivity index (χ4n) is 3.22. The first-order chi connectivity index (χ1) is 9.06. The molecule has 0 radical (unpaired) electrons. The second kappa shape index (κ2) is 6.47. The summed E-state index contributed by atoms with van der Waals surface area (Å²) in [6, 6.07) is 4.28. The molecule has 0 spiro atoms. The van der Waals surface area contributed by atoms with Gasteiger partial charge >= 0.3 is 0 Å². The standard InChI is InChI=1S/C16H23F2N/c1-11-4-3-5-12(2)16(11)19-7-6-13-8-14(17)10-15(18)9-13/h8-12,16,19H,3-7H2,1-2H3. The third-order valence-electron chi connectivity index (χ3n) is 4.26. The Morgan fingerprint density at radius 2 is 1.63 bits per heavy atom. The van der Waals surface area contributed by atoms with Crippen LogP contribution in [0.15, 0.2) is 18.2 Å². The highest BCUT2D eigenvalue weighted by Gasteiger charge is 2.26. The van der Waals surface area contributed by atoms with Gasteiger partial charge in [-0.05, 0) is 55.3 Å². The Bertz CT molecular complexity index is 389. The van der Waals surface area contributed by atoms with Gasteiger partial charge in [0.25, 0.3) is 0 Å². The van der Waals surface area contributed by atoms with Crippen LogP contribution in [0.25, 0.3) is 0 Å². The van der Waals surface area contributed by atoms with Crippen molar-refractivity contribution >= 4 is 0 Å². The van der Waals surface area contributed by atoms with Crippen molar-refractivity contribution in [3.8, 4) is 0 Å². The minimum atomic E-state index is -0.491. The summed E-state index contributed by atoms with van der Waals surface area (Å²) in [6.07, 6.45) is 4.54. The topological polar surface area (TPSA) is 12.0 Å². The van der Waals surface area contributed by atoms with E-state index in [9.17, 15) is 8.78 Å². The Morgan fingerprint density at radius 1 is 1.05 bits per heavy atom. The SMILES string of the molecule is CC1CCCC(C)C1NCCc1cc(F)cc(F)c1. The van der Waals surface area contributed by atoms with Gasteiger partial charge in [0, 0.05) is 12.1 Å². The van der Waals surface area contributed by atoms with E-state index in [1.165, 1.54) is 31.4 Å². The molecule has 1 N–H and O–H groups in total. The van der Waals surface area contributed by atoms with Gasteiger partial charge in [-0.3, -0.25) is 0 Å². The predicted octanol–water partition coefficient (Wildman–Crippen LogP) is 3.92. The maximum Gasteiger partial charge on any atom is 0.126 e. The van der Waals surface area contributed by atoms with Gasteiger partial charge in [0.15, 0.2) is 0 Å². The Morgan fingerprint density at radius 3 is 2.21 bits per heavy atom. The summed E-state index contributed by atoms with van der Waals surface area (Å²) < 4.78 is 26.1. The molecular weight excluding hydrogens is 244 g/mol. The van der Waals surface area contributed by atoms with Crippen molar-refractivity contribution in [2.75, 3.05) is 6.54 Å². The van der Waals surface area contributed by atoms with Gasteiger partial charge < -0.3 is 5.32 Å². The second-order valence-corrected chi connectivity index (χ2v) is 5.89. The number of hydrogen-bond acceptors (Lipinski definition) is 1. The van der Waals surface area contributed by atoms with Crippen LogP contribution in [0.2, 0.25) is 0 Å². The lowest BCUT2D eigenvalue weighted by molar-refractivity contribution is 0.210. The molecule has 1 saturated carbocycles. The van der Waals surface area contributed by atoms with Crippen LogP contribution >= 0.6 is 0 Å². The number of halogens is 2. The maximum absolute atomic E-state index is 13.1. The Hall–Kier alpha value is -0.960. The first kappa shape index (κ1) is 14.4. The van der Waals surface area contributed by atoms with Gasteiger partial charge in [0.1, 0.15) is 11.6 Å². The zero-order chi connectivity index (χ0) is 13.8. The molecule has 3 heteroatoms. The molecular formula is C16H23F2N. The quantitative estimate of drug-likeness (QED) is 0.871. The summed E-state index contributed by atoms with van der Waals surface area (Å²) in [5, 5.41) is 3.56. The average Bonchev–Trinajstić information content (AvgIpc) is 2.32. The third-order valence-corrected chi connectivity index (χ3v) is 4.26. The number of hydrogen-bond donors (Lipinski definition) is 1. The number of nitrogens with one attached hydrogen (secondary N) is 1. The van der Waals surface area contributed by atoms with Crippen LogP contribution in [0.5, 0.6) is 0 Å². The fourth-order valence-corrected chi connectivity index (χ4v) is 3.22. The van der Waals surface area contributed by atoms with E-state index in [0.717, 1.165) is 18.2 Å².